The van der Waals surface area contributed by atoms with Gasteiger partial charge in [0.25, 0.3) is 0 Å². The monoisotopic (exact) mass is 496 g/mol. The second-order valence-corrected chi connectivity index (χ2v) is 9.37. The molecule has 0 spiro atoms. The summed E-state index contributed by atoms with van der Waals surface area (Å²) in [6.45, 7) is 2.46. The van der Waals surface area contributed by atoms with Gasteiger partial charge in [0.2, 0.25) is 0 Å². The van der Waals surface area contributed by atoms with Crippen molar-refractivity contribution >= 4 is 22.6 Å². The van der Waals surface area contributed by atoms with Gasteiger partial charge in [-0.25, -0.2) is 9.18 Å². The number of hydrogen-bond acceptors (Lipinski definition) is 5. The molecule has 4 aromatic rings. The predicted molar refractivity (Wildman–Crippen MR) is 139 cm³/mol. The SMILES string of the molecule is C[C@H](N)CCCc1cc(Cl)c(F)c(-c2cc3cn(-c4ccc([C@@H](N)CCN)cc4)c(=O)nc3[nH]2)c1. The van der Waals surface area contributed by atoms with Gasteiger partial charge in [-0.05, 0) is 80.6 Å². The minimum Gasteiger partial charge on any atom is -0.339 e. The molecular weight excluding hydrogens is 467 g/mol. The molecule has 0 saturated carbocycles. The highest BCUT2D eigenvalue weighted by Crippen LogP contribution is 2.31. The fourth-order valence-corrected chi connectivity index (χ4v) is 4.41. The lowest BCUT2D eigenvalue weighted by Crippen LogP contribution is -2.20. The van der Waals surface area contributed by atoms with E-state index in [9.17, 15) is 9.18 Å². The van der Waals surface area contributed by atoms with Crippen molar-refractivity contribution in [3.8, 4) is 16.9 Å². The molecule has 0 aliphatic carbocycles. The molecule has 9 heteroatoms. The Morgan fingerprint density at radius 1 is 1.14 bits per heavy atom. The average molecular weight is 497 g/mol. The lowest BCUT2D eigenvalue weighted by molar-refractivity contribution is 0.618. The number of rotatable bonds is 9. The minimum absolute atomic E-state index is 0.0532. The number of aryl methyl sites for hydroxylation is 1. The van der Waals surface area contributed by atoms with Crippen molar-refractivity contribution < 1.29 is 4.39 Å². The van der Waals surface area contributed by atoms with Crippen LogP contribution in [0.1, 0.15) is 43.4 Å². The van der Waals surface area contributed by atoms with Gasteiger partial charge in [0, 0.05) is 29.2 Å². The molecule has 2 atom stereocenters. The van der Waals surface area contributed by atoms with E-state index < -0.39 is 11.5 Å². The quantitative estimate of drug-likeness (QED) is 0.276. The molecule has 2 heterocycles. The Balaban J connectivity index is 1.67. The van der Waals surface area contributed by atoms with Crippen LogP contribution in [0.2, 0.25) is 5.02 Å². The third-order valence-corrected chi connectivity index (χ3v) is 6.36. The van der Waals surface area contributed by atoms with Crippen LogP contribution in [0.5, 0.6) is 0 Å². The summed E-state index contributed by atoms with van der Waals surface area (Å²) in [7, 11) is 0. The molecule has 0 saturated heterocycles. The Kier molecular flexibility index (Phi) is 7.66. The van der Waals surface area contributed by atoms with Crippen molar-refractivity contribution in [2.24, 2.45) is 17.2 Å². The van der Waals surface area contributed by atoms with E-state index in [4.69, 9.17) is 28.8 Å². The van der Waals surface area contributed by atoms with E-state index in [2.05, 4.69) is 9.97 Å². The Morgan fingerprint density at radius 3 is 2.57 bits per heavy atom. The van der Waals surface area contributed by atoms with Gasteiger partial charge < -0.3 is 22.2 Å². The molecule has 0 aliphatic rings. The lowest BCUT2D eigenvalue weighted by atomic mass is 10.0. The van der Waals surface area contributed by atoms with E-state index in [1.165, 1.54) is 4.57 Å². The van der Waals surface area contributed by atoms with Crippen LogP contribution in [-0.4, -0.2) is 27.1 Å². The van der Waals surface area contributed by atoms with E-state index in [1.807, 2.05) is 31.2 Å². The summed E-state index contributed by atoms with van der Waals surface area (Å²) in [6.07, 6.45) is 4.84. The van der Waals surface area contributed by atoms with Crippen molar-refractivity contribution in [3.05, 3.63) is 81.1 Å². The second kappa shape index (κ2) is 10.7. The summed E-state index contributed by atoms with van der Waals surface area (Å²) in [4.78, 5) is 20.0. The van der Waals surface area contributed by atoms with E-state index in [1.54, 1.807) is 24.4 Å². The van der Waals surface area contributed by atoms with Gasteiger partial charge in [0.15, 0.2) is 5.82 Å². The first kappa shape index (κ1) is 25.1. The van der Waals surface area contributed by atoms with Gasteiger partial charge in [-0.3, -0.25) is 4.57 Å². The Labute approximate surface area is 208 Å². The summed E-state index contributed by atoms with van der Waals surface area (Å²) in [5.41, 5.74) is 20.8. The molecule has 2 aromatic heterocycles. The number of H-pyrrole nitrogens is 1. The van der Waals surface area contributed by atoms with Crippen molar-refractivity contribution in [2.75, 3.05) is 6.54 Å². The normalized spacial score (nSPS) is 13.3. The summed E-state index contributed by atoms with van der Waals surface area (Å²) >= 11 is 6.20. The van der Waals surface area contributed by atoms with Gasteiger partial charge in [-0.15, -0.1) is 0 Å². The molecule has 0 amide bonds. The molecule has 184 valence electrons. The Hall–Kier alpha value is -3.04. The van der Waals surface area contributed by atoms with Crippen LogP contribution in [0.25, 0.3) is 28.0 Å². The second-order valence-electron chi connectivity index (χ2n) is 8.96. The zero-order valence-electron chi connectivity index (χ0n) is 19.6. The van der Waals surface area contributed by atoms with Crippen LogP contribution in [0.4, 0.5) is 4.39 Å². The molecule has 0 unspecified atom stereocenters. The molecule has 7 N–H and O–H groups in total. The van der Waals surface area contributed by atoms with Gasteiger partial charge in [-0.1, -0.05) is 23.7 Å². The highest BCUT2D eigenvalue weighted by Gasteiger charge is 2.16. The van der Waals surface area contributed by atoms with Crippen LogP contribution >= 0.6 is 11.6 Å². The third kappa shape index (κ3) is 5.62. The van der Waals surface area contributed by atoms with Gasteiger partial charge >= 0.3 is 5.69 Å². The van der Waals surface area contributed by atoms with Crippen LogP contribution < -0.4 is 22.9 Å². The number of nitrogens with two attached hydrogens (primary N) is 3. The van der Waals surface area contributed by atoms with Gasteiger partial charge in [0.05, 0.1) is 16.4 Å². The smallest absolute Gasteiger partial charge is 0.339 e. The summed E-state index contributed by atoms with van der Waals surface area (Å²) < 4.78 is 16.4. The average Bonchev–Trinajstić information content (AvgIpc) is 3.23. The van der Waals surface area contributed by atoms with Crippen LogP contribution in [0.15, 0.2) is 53.5 Å². The Bertz CT molecular complexity index is 1380. The zero-order valence-corrected chi connectivity index (χ0v) is 20.4. The largest absolute Gasteiger partial charge is 0.354 e. The number of nitrogens with one attached hydrogen (secondary N) is 1. The van der Waals surface area contributed by atoms with Crippen molar-refractivity contribution in [1.29, 1.82) is 0 Å². The molecule has 0 radical (unpaired) electrons. The Morgan fingerprint density at radius 2 is 1.89 bits per heavy atom. The third-order valence-electron chi connectivity index (χ3n) is 6.09. The maximum atomic E-state index is 15.0. The fourth-order valence-electron chi connectivity index (χ4n) is 4.17. The zero-order chi connectivity index (χ0) is 25.1. The minimum atomic E-state index is -0.520. The number of halogens is 2. The molecular formula is C26H30ClFN6O. The van der Waals surface area contributed by atoms with E-state index in [0.717, 1.165) is 30.4 Å². The van der Waals surface area contributed by atoms with E-state index in [0.29, 0.717) is 40.9 Å². The van der Waals surface area contributed by atoms with Crippen molar-refractivity contribution in [1.82, 2.24) is 14.5 Å². The summed E-state index contributed by atoms with van der Waals surface area (Å²) in [5.74, 6) is -0.520. The lowest BCUT2D eigenvalue weighted by Gasteiger charge is -2.12. The van der Waals surface area contributed by atoms with Gasteiger partial charge in [-0.2, -0.15) is 4.98 Å². The highest BCUT2D eigenvalue weighted by atomic mass is 35.5. The summed E-state index contributed by atoms with van der Waals surface area (Å²) in [5, 5.41) is 0.721. The molecule has 4 rings (SSSR count). The van der Waals surface area contributed by atoms with Crippen LogP contribution in [-0.2, 0) is 6.42 Å². The highest BCUT2D eigenvalue weighted by molar-refractivity contribution is 6.31. The van der Waals surface area contributed by atoms with Gasteiger partial charge in [0.1, 0.15) is 5.65 Å². The molecule has 35 heavy (non-hydrogen) atoms. The topological polar surface area (TPSA) is 129 Å². The summed E-state index contributed by atoms with van der Waals surface area (Å²) in [6, 6.07) is 12.5. The van der Waals surface area contributed by atoms with Crippen molar-refractivity contribution in [2.45, 2.75) is 44.7 Å². The fraction of sp³-hybridized carbons (Fsp3) is 0.308. The first-order valence-electron chi connectivity index (χ1n) is 11.7. The maximum absolute atomic E-state index is 15.0. The molecule has 0 fully saturated rings. The van der Waals surface area contributed by atoms with Crippen LogP contribution in [0, 0.1) is 5.82 Å². The molecule has 0 aliphatic heterocycles. The standard InChI is InChI=1S/C26H30ClFN6O/c1-15(30)3-2-4-16-11-20(24(28)21(27)12-16)23-13-18-14-34(26(35)33-25(18)32-23)19-7-5-17(6-8-19)22(31)9-10-29/h5-8,11-15,22H,2-4,9-10,29-31H2,1H3,(H,32,33,35)/t15-,22-/m0/s1. The molecule has 2 aromatic carbocycles. The molecule has 7 nitrogen and oxygen atoms in total. The maximum Gasteiger partial charge on any atom is 0.354 e. The van der Waals surface area contributed by atoms with E-state index >= 15 is 0 Å². The number of fused-ring (bicyclic) bond motifs is 1. The first-order valence-corrected chi connectivity index (χ1v) is 12.1. The molecule has 0 bridgehead atoms. The first-order chi connectivity index (χ1) is 16.8. The number of benzene rings is 2. The van der Waals surface area contributed by atoms with E-state index in [-0.39, 0.29) is 17.1 Å². The predicted octanol–water partition coefficient (Wildman–Crippen LogP) is 4.19. The number of aromatic nitrogens is 3. The number of aromatic amines is 1. The number of nitrogens with zero attached hydrogens (tertiary/aromatic N) is 2. The number of hydrogen-bond donors (Lipinski definition) is 4. The van der Waals surface area contributed by atoms with Crippen molar-refractivity contribution in [3.63, 3.8) is 0 Å². The van der Waals surface area contributed by atoms with Crippen LogP contribution in [0.3, 0.4) is 0 Å².